The number of piperazine rings is 1. The number of aryl methyl sites for hydroxylation is 2. The highest BCUT2D eigenvalue weighted by Crippen LogP contribution is 2.31. The number of hydrogen-bond acceptors (Lipinski definition) is 6. The van der Waals surface area contributed by atoms with E-state index in [9.17, 15) is 4.79 Å². The van der Waals surface area contributed by atoms with Gasteiger partial charge in [-0.2, -0.15) is 4.99 Å². The van der Waals surface area contributed by atoms with Crippen LogP contribution in [0.15, 0.2) is 35.3 Å². The third-order valence-electron chi connectivity index (χ3n) is 5.30. The molecular weight excluding hydrogens is 442 g/mol. The van der Waals surface area contributed by atoms with Crippen molar-refractivity contribution in [3.8, 4) is 11.5 Å². The number of hydrogen-bond donors (Lipinski definition) is 2. The molecule has 2 N–H and O–H groups in total. The van der Waals surface area contributed by atoms with Crippen molar-refractivity contribution in [1.82, 2.24) is 25.1 Å². The summed E-state index contributed by atoms with van der Waals surface area (Å²) in [5.41, 5.74) is 1.71. The van der Waals surface area contributed by atoms with Gasteiger partial charge >= 0.3 is 0 Å². The van der Waals surface area contributed by atoms with E-state index in [1.807, 2.05) is 43.0 Å². The predicted molar refractivity (Wildman–Crippen MR) is 129 cm³/mol. The molecule has 0 aliphatic carbocycles. The summed E-state index contributed by atoms with van der Waals surface area (Å²) >= 11 is 5.25. The second-order valence-corrected chi connectivity index (χ2v) is 8.15. The molecule has 1 amide bonds. The molecule has 3 heterocycles. The molecule has 1 saturated heterocycles. The molecule has 33 heavy (non-hydrogen) atoms. The lowest BCUT2D eigenvalue weighted by atomic mass is 10.2. The number of aromatic nitrogens is 2. The lowest BCUT2D eigenvalue weighted by Gasteiger charge is -2.38. The van der Waals surface area contributed by atoms with E-state index in [2.05, 4.69) is 25.6 Å². The fraction of sp³-hybridized carbons (Fsp3) is 0.409. The minimum Gasteiger partial charge on any atom is -0.485 e. The molecule has 1 aromatic heterocycles. The summed E-state index contributed by atoms with van der Waals surface area (Å²) in [4.78, 5) is 30.2. The van der Waals surface area contributed by atoms with Gasteiger partial charge in [-0.1, -0.05) is 12.1 Å². The lowest BCUT2D eigenvalue weighted by Crippen LogP contribution is -2.56. The van der Waals surface area contributed by atoms with E-state index >= 15 is 0 Å². The van der Waals surface area contributed by atoms with Gasteiger partial charge in [0.1, 0.15) is 6.61 Å². The van der Waals surface area contributed by atoms with Crippen molar-refractivity contribution in [2.24, 2.45) is 4.99 Å². The SMILES string of the molecule is CNC(=S)/N=C(/Nc1nc(C)cc(C)n1)N1CCN(C(=O)C2COc3ccccc3O2)CC1. The molecule has 4 rings (SSSR count). The molecule has 174 valence electrons. The summed E-state index contributed by atoms with van der Waals surface area (Å²) in [6, 6.07) is 9.27. The zero-order valence-electron chi connectivity index (χ0n) is 18.9. The molecule has 0 radical (unpaired) electrons. The Bertz CT molecular complexity index is 1050. The Kier molecular flexibility index (Phi) is 6.87. The Labute approximate surface area is 198 Å². The maximum atomic E-state index is 13.0. The smallest absolute Gasteiger partial charge is 0.267 e. The van der Waals surface area contributed by atoms with Gasteiger partial charge in [0, 0.05) is 44.6 Å². The minimum absolute atomic E-state index is 0.0843. The highest BCUT2D eigenvalue weighted by Gasteiger charge is 2.33. The molecule has 1 unspecified atom stereocenters. The summed E-state index contributed by atoms with van der Waals surface area (Å²) < 4.78 is 11.6. The number of nitrogens with zero attached hydrogens (tertiary/aromatic N) is 5. The van der Waals surface area contributed by atoms with Crippen LogP contribution in [0.5, 0.6) is 11.5 Å². The van der Waals surface area contributed by atoms with Crippen LogP contribution in [0.1, 0.15) is 11.4 Å². The van der Waals surface area contributed by atoms with Crippen molar-refractivity contribution in [3.05, 3.63) is 41.7 Å². The van der Waals surface area contributed by atoms with Crippen molar-refractivity contribution >= 4 is 35.1 Å². The van der Waals surface area contributed by atoms with Gasteiger partial charge in [0.25, 0.3) is 5.91 Å². The van der Waals surface area contributed by atoms with Gasteiger partial charge in [0.15, 0.2) is 16.6 Å². The maximum absolute atomic E-state index is 13.0. The van der Waals surface area contributed by atoms with Crippen LogP contribution in [0.3, 0.4) is 0 Å². The molecule has 2 aromatic rings. The van der Waals surface area contributed by atoms with E-state index in [0.29, 0.717) is 54.7 Å². The van der Waals surface area contributed by atoms with E-state index in [1.54, 1.807) is 18.0 Å². The molecule has 0 bridgehead atoms. The van der Waals surface area contributed by atoms with Crippen LogP contribution in [0, 0.1) is 13.8 Å². The van der Waals surface area contributed by atoms with Gasteiger partial charge in [0.05, 0.1) is 0 Å². The van der Waals surface area contributed by atoms with Crippen molar-refractivity contribution in [2.75, 3.05) is 45.2 Å². The zero-order valence-corrected chi connectivity index (χ0v) is 19.7. The number of rotatable bonds is 2. The first kappa shape index (κ1) is 22.7. The van der Waals surface area contributed by atoms with Gasteiger partial charge in [-0.3, -0.25) is 10.1 Å². The van der Waals surface area contributed by atoms with Gasteiger partial charge < -0.3 is 24.6 Å². The topological polar surface area (TPSA) is 104 Å². The van der Waals surface area contributed by atoms with Crippen LogP contribution in [0.2, 0.25) is 0 Å². The Hall–Kier alpha value is -3.47. The summed E-state index contributed by atoms with van der Waals surface area (Å²) in [7, 11) is 1.72. The van der Waals surface area contributed by atoms with Crippen LogP contribution in [-0.4, -0.2) is 82.7 Å². The first-order valence-corrected chi connectivity index (χ1v) is 11.2. The third kappa shape index (κ3) is 5.48. The number of aliphatic imine (C=N–C) groups is 1. The first-order chi connectivity index (χ1) is 15.9. The number of guanidine groups is 1. The predicted octanol–water partition coefficient (Wildman–Crippen LogP) is 1.35. The lowest BCUT2D eigenvalue weighted by molar-refractivity contribution is -0.142. The second kappa shape index (κ2) is 9.99. The number of benzene rings is 1. The zero-order chi connectivity index (χ0) is 23.4. The molecule has 0 spiro atoms. The van der Waals surface area contributed by atoms with Crippen molar-refractivity contribution in [2.45, 2.75) is 20.0 Å². The molecule has 1 atom stereocenters. The summed E-state index contributed by atoms with van der Waals surface area (Å²) in [6.07, 6.45) is -0.654. The first-order valence-electron chi connectivity index (χ1n) is 10.7. The molecule has 2 aliphatic rings. The van der Waals surface area contributed by atoms with Gasteiger partial charge in [-0.15, -0.1) is 0 Å². The Morgan fingerprint density at radius 1 is 1.09 bits per heavy atom. The Morgan fingerprint density at radius 2 is 1.73 bits per heavy atom. The summed E-state index contributed by atoms with van der Waals surface area (Å²) in [6.45, 7) is 6.19. The molecule has 2 aliphatic heterocycles. The van der Waals surface area contributed by atoms with Crippen molar-refractivity contribution in [3.63, 3.8) is 0 Å². The number of para-hydroxylation sites is 2. The molecular formula is C22H27N7O3S. The Balaban J connectivity index is 1.41. The number of thiocarbonyl (C=S) groups is 1. The van der Waals surface area contributed by atoms with Crippen LogP contribution in [0.25, 0.3) is 0 Å². The van der Waals surface area contributed by atoms with Gasteiger partial charge in [-0.25, -0.2) is 9.97 Å². The number of anilines is 1. The molecule has 11 heteroatoms. The number of carbonyl (C=O) groups excluding carboxylic acids is 1. The Morgan fingerprint density at radius 3 is 2.39 bits per heavy atom. The van der Waals surface area contributed by atoms with Crippen molar-refractivity contribution in [1.29, 1.82) is 0 Å². The fourth-order valence-corrected chi connectivity index (χ4v) is 3.78. The van der Waals surface area contributed by atoms with Crippen molar-refractivity contribution < 1.29 is 14.3 Å². The normalized spacial score (nSPS) is 18.0. The average Bonchev–Trinajstić information content (AvgIpc) is 2.82. The maximum Gasteiger partial charge on any atom is 0.267 e. The van der Waals surface area contributed by atoms with Gasteiger partial charge in [0.2, 0.25) is 18.0 Å². The van der Waals surface area contributed by atoms with Crippen LogP contribution in [0.4, 0.5) is 5.95 Å². The van der Waals surface area contributed by atoms with E-state index in [4.69, 9.17) is 21.7 Å². The quantitative estimate of drug-likeness (QED) is 0.383. The average molecular weight is 470 g/mol. The van der Waals surface area contributed by atoms with E-state index in [0.717, 1.165) is 11.4 Å². The van der Waals surface area contributed by atoms with Crippen LogP contribution < -0.4 is 20.1 Å². The van der Waals surface area contributed by atoms with Crippen LogP contribution >= 0.6 is 12.2 Å². The number of fused-ring (bicyclic) bond motifs is 1. The number of ether oxygens (including phenoxy) is 2. The van der Waals surface area contributed by atoms with Gasteiger partial charge in [-0.05, 0) is 44.3 Å². The number of carbonyl (C=O) groups is 1. The minimum atomic E-state index is -0.654. The summed E-state index contributed by atoms with van der Waals surface area (Å²) in [5, 5.41) is 6.39. The fourth-order valence-electron chi connectivity index (χ4n) is 3.70. The number of nitrogens with one attached hydrogen (secondary N) is 2. The molecule has 1 aromatic carbocycles. The van der Waals surface area contributed by atoms with E-state index in [1.165, 1.54) is 0 Å². The molecule has 10 nitrogen and oxygen atoms in total. The van der Waals surface area contributed by atoms with Crippen LogP contribution in [-0.2, 0) is 4.79 Å². The largest absolute Gasteiger partial charge is 0.485 e. The second-order valence-electron chi connectivity index (χ2n) is 7.77. The highest BCUT2D eigenvalue weighted by atomic mass is 32.1. The highest BCUT2D eigenvalue weighted by molar-refractivity contribution is 7.80. The van der Waals surface area contributed by atoms with E-state index in [-0.39, 0.29) is 12.5 Å². The summed E-state index contributed by atoms with van der Waals surface area (Å²) in [5.74, 6) is 2.16. The molecule has 1 fully saturated rings. The van der Waals surface area contributed by atoms with E-state index < -0.39 is 6.10 Å². The third-order valence-corrected chi connectivity index (χ3v) is 5.60. The molecule has 0 saturated carbocycles. The standard InChI is InChI=1S/C22H27N7O3S/c1-14-12-15(2)25-20(24-14)26-21(27-22(33)23-3)29-10-8-28(9-11-29)19(30)18-13-31-16-6-4-5-7-17(16)32-18/h4-7,12,18H,8-11,13H2,1-3H3,(H2,23,24,25,26,27,33). The monoisotopic (exact) mass is 469 g/mol. The number of amides is 1.